The molecule has 7 nitrogen and oxygen atoms in total. The summed E-state index contributed by atoms with van der Waals surface area (Å²) in [5.74, 6) is 0.0103. The number of benzene rings is 2. The third kappa shape index (κ3) is 4.35. The van der Waals surface area contributed by atoms with E-state index in [2.05, 4.69) is 10.3 Å². The van der Waals surface area contributed by atoms with Crippen molar-refractivity contribution in [2.24, 2.45) is 0 Å². The van der Waals surface area contributed by atoms with E-state index < -0.39 is 18.5 Å². The molecule has 1 amide bonds. The summed E-state index contributed by atoms with van der Waals surface area (Å²) in [6.45, 7) is 3.38. The Hall–Kier alpha value is -3.61. The van der Waals surface area contributed by atoms with Gasteiger partial charge in [-0.15, -0.1) is 0 Å². The number of anilines is 1. The van der Waals surface area contributed by atoms with Crippen molar-refractivity contribution in [3.05, 3.63) is 59.3 Å². The van der Waals surface area contributed by atoms with Gasteiger partial charge in [0.2, 0.25) is 0 Å². The van der Waals surface area contributed by atoms with Gasteiger partial charge in [0.1, 0.15) is 0 Å². The number of para-hydroxylation sites is 1. The number of ether oxygens (including phenoxy) is 3. The first-order chi connectivity index (χ1) is 14.5. The van der Waals surface area contributed by atoms with E-state index in [-0.39, 0.29) is 0 Å². The van der Waals surface area contributed by atoms with E-state index in [1.807, 2.05) is 38.1 Å². The molecule has 1 heterocycles. The Bertz CT molecular complexity index is 1090. The number of hydrogen-bond acceptors (Lipinski definition) is 6. The number of esters is 1. The number of aryl methyl sites for hydroxylation is 2. The molecule has 0 unspecified atom stereocenters. The van der Waals surface area contributed by atoms with Gasteiger partial charge in [0.15, 0.2) is 18.1 Å². The largest absolute Gasteiger partial charge is 0.493 e. The summed E-state index contributed by atoms with van der Waals surface area (Å²) in [7, 11) is 3.04. The van der Waals surface area contributed by atoms with Gasteiger partial charge >= 0.3 is 5.97 Å². The summed E-state index contributed by atoms with van der Waals surface area (Å²) >= 11 is 0. The van der Waals surface area contributed by atoms with E-state index in [0.29, 0.717) is 34.9 Å². The lowest BCUT2D eigenvalue weighted by Gasteiger charge is -2.14. The van der Waals surface area contributed by atoms with Gasteiger partial charge in [0.25, 0.3) is 5.91 Å². The van der Waals surface area contributed by atoms with Gasteiger partial charge in [0, 0.05) is 17.1 Å². The summed E-state index contributed by atoms with van der Waals surface area (Å²) in [6, 6.07) is 12.6. The molecule has 3 aromatic rings. The SMILES string of the molecule is CCc1nc2ccccc2c(C)c1C(=O)OCC(=O)Nc1ccc(OC)c(OC)c1. The molecular formula is C23H24N2O5. The Kier molecular flexibility index (Phi) is 6.51. The second-order valence-corrected chi connectivity index (χ2v) is 6.62. The summed E-state index contributed by atoms with van der Waals surface area (Å²) in [4.78, 5) is 29.6. The minimum absolute atomic E-state index is 0.412. The number of nitrogens with one attached hydrogen (secondary N) is 1. The molecule has 3 rings (SSSR count). The summed E-state index contributed by atoms with van der Waals surface area (Å²) < 4.78 is 15.7. The Morgan fingerprint density at radius 3 is 2.47 bits per heavy atom. The zero-order chi connectivity index (χ0) is 21.7. The number of fused-ring (bicyclic) bond motifs is 1. The molecule has 156 valence electrons. The van der Waals surface area contributed by atoms with Gasteiger partial charge in [-0.3, -0.25) is 9.78 Å². The van der Waals surface area contributed by atoms with Gasteiger partial charge in [0.05, 0.1) is 31.0 Å². The normalized spacial score (nSPS) is 10.5. The van der Waals surface area contributed by atoms with Crippen LogP contribution in [0.1, 0.15) is 28.5 Å². The van der Waals surface area contributed by atoms with Crippen LogP contribution in [0, 0.1) is 6.92 Å². The van der Waals surface area contributed by atoms with Crippen LogP contribution in [0.4, 0.5) is 5.69 Å². The molecule has 0 saturated carbocycles. The topological polar surface area (TPSA) is 86.8 Å². The van der Waals surface area contributed by atoms with Crippen LogP contribution >= 0.6 is 0 Å². The molecule has 1 N–H and O–H groups in total. The predicted octanol–water partition coefficient (Wildman–Crippen LogP) is 3.92. The minimum atomic E-state index is -0.565. The number of methoxy groups -OCH3 is 2. The van der Waals surface area contributed by atoms with E-state index in [0.717, 1.165) is 16.5 Å². The highest BCUT2D eigenvalue weighted by atomic mass is 16.5. The molecule has 0 atom stereocenters. The van der Waals surface area contributed by atoms with E-state index >= 15 is 0 Å². The van der Waals surface area contributed by atoms with Gasteiger partial charge in [-0.05, 0) is 37.1 Å². The fraction of sp³-hybridized carbons (Fsp3) is 0.261. The number of pyridine rings is 1. The van der Waals surface area contributed by atoms with Crippen molar-refractivity contribution in [3.63, 3.8) is 0 Å². The van der Waals surface area contributed by atoms with E-state index in [9.17, 15) is 9.59 Å². The van der Waals surface area contributed by atoms with Crippen LogP contribution in [0.15, 0.2) is 42.5 Å². The first-order valence-corrected chi connectivity index (χ1v) is 9.55. The van der Waals surface area contributed by atoms with Gasteiger partial charge in [-0.25, -0.2) is 4.79 Å². The standard InChI is InChI=1S/C23H24N2O5/c1-5-17-22(14(2)16-8-6-7-9-18(16)25-17)23(27)30-13-21(26)24-15-10-11-19(28-3)20(12-15)29-4/h6-12H,5,13H2,1-4H3,(H,24,26). The van der Waals surface area contributed by atoms with Gasteiger partial charge in [-0.1, -0.05) is 25.1 Å². The highest BCUT2D eigenvalue weighted by Crippen LogP contribution is 2.29. The van der Waals surface area contributed by atoms with Gasteiger partial charge < -0.3 is 19.5 Å². The van der Waals surface area contributed by atoms with Crippen LogP contribution in [0.25, 0.3) is 10.9 Å². The highest BCUT2D eigenvalue weighted by Gasteiger charge is 2.20. The first kappa shape index (κ1) is 21.1. The van der Waals surface area contributed by atoms with Crippen molar-refractivity contribution in [2.45, 2.75) is 20.3 Å². The fourth-order valence-corrected chi connectivity index (χ4v) is 3.28. The third-order valence-electron chi connectivity index (χ3n) is 4.77. The second kappa shape index (κ2) is 9.26. The minimum Gasteiger partial charge on any atom is -0.493 e. The second-order valence-electron chi connectivity index (χ2n) is 6.62. The number of carbonyl (C=O) groups is 2. The molecule has 30 heavy (non-hydrogen) atoms. The number of rotatable bonds is 7. The molecule has 0 aliphatic carbocycles. The molecular weight excluding hydrogens is 384 g/mol. The molecule has 0 bridgehead atoms. The van der Waals surface area contributed by atoms with Crippen molar-refractivity contribution in [1.82, 2.24) is 4.98 Å². The van der Waals surface area contributed by atoms with Crippen molar-refractivity contribution in [1.29, 1.82) is 0 Å². The zero-order valence-corrected chi connectivity index (χ0v) is 17.4. The summed E-state index contributed by atoms with van der Waals surface area (Å²) in [5.41, 5.74) is 3.19. The van der Waals surface area contributed by atoms with Crippen LogP contribution < -0.4 is 14.8 Å². The van der Waals surface area contributed by atoms with Crippen LogP contribution in [0.5, 0.6) is 11.5 Å². The Morgan fingerprint density at radius 1 is 1.03 bits per heavy atom. The maximum absolute atomic E-state index is 12.8. The Labute approximate surface area is 175 Å². The monoisotopic (exact) mass is 408 g/mol. The average Bonchev–Trinajstić information content (AvgIpc) is 2.77. The number of carbonyl (C=O) groups excluding carboxylic acids is 2. The van der Waals surface area contributed by atoms with Gasteiger partial charge in [-0.2, -0.15) is 0 Å². The smallest absolute Gasteiger partial charge is 0.340 e. The lowest BCUT2D eigenvalue weighted by atomic mass is 10.0. The van der Waals surface area contributed by atoms with E-state index in [1.165, 1.54) is 14.2 Å². The summed E-state index contributed by atoms with van der Waals surface area (Å²) in [6.07, 6.45) is 0.577. The molecule has 1 aromatic heterocycles. The maximum Gasteiger partial charge on any atom is 0.340 e. The lowest BCUT2D eigenvalue weighted by Crippen LogP contribution is -2.22. The molecule has 0 aliphatic rings. The number of nitrogens with zero attached hydrogens (tertiary/aromatic N) is 1. The molecule has 0 saturated heterocycles. The van der Waals surface area contributed by atoms with Crippen molar-refractivity contribution < 1.29 is 23.8 Å². The Morgan fingerprint density at radius 2 is 1.77 bits per heavy atom. The van der Waals surface area contributed by atoms with E-state index in [4.69, 9.17) is 14.2 Å². The molecule has 0 aliphatic heterocycles. The number of hydrogen-bond donors (Lipinski definition) is 1. The molecule has 0 spiro atoms. The quantitative estimate of drug-likeness (QED) is 0.597. The zero-order valence-electron chi connectivity index (χ0n) is 17.4. The molecule has 0 fully saturated rings. The van der Waals surface area contributed by atoms with E-state index in [1.54, 1.807) is 18.2 Å². The lowest BCUT2D eigenvalue weighted by molar-refractivity contribution is -0.119. The molecule has 7 heteroatoms. The fourth-order valence-electron chi connectivity index (χ4n) is 3.28. The first-order valence-electron chi connectivity index (χ1n) is 9.55. The van der Waals surface area contributed by atoms with Crippen LogP contribution in [0.2, 0.25) is 0 Å². The Balaban J connectivity index is 1.73. The predicted molar refractivity (Wildman–Crippen MR) is 114 cm³/mol. The van der Waals surface area contributed by atoms with Crippen molar-refractivity contribution in [3.8, 4) is 11.5 Å². The maximum atomic E-state index is 12.8. The summed E-state index contributed by atoms with van der Waals surface area (Å²) in [5, 5.41) is 3.57. The molecule has 2 aromatic carbocycles. The van der Waals surface area contributed by atoms with Crippen molar-refractivity contribution in [2.75, 3.05) is 26.1 Å². The van der Waals surface area contributed by atoms with Crippen LogP contribution in [-0.4, -0.2) is 37.7 Å². The highest BCUT2D eigenvalue weighted by molar-refractivity contribution is 6.00. The average molecular weight is 408 g/mol. The van der Waals surface area contributed by atoms with Crippen LogP contribution in [0.3, 0.4) is 0 Å². The third-order valence-corrected chi connectivity index (χ3v) is 4.77. The number of aromatic nitrogens is 1. The molecule has 0 radical (unpaired) electrons. The van der Waals surface area contributed by atoms with Crippen LogP contribution in [-0.2, 0) is 16.0 Å². The van der Waals surface area contributed by atoms with Crippen molar-refractivity contribution >= 4 is 28.5 Å². The number of amides is 1.